The van der Waals surface area contributed by atoms with Gasteiger partial charge in [-0.1, -0.05) is 42.0 Å². The highest BCUT2D eigenvalue weighted by Crippen LogP contribution is 2.34. The Morgan fingerprint density at radius 2 is 1.92 bits per heavy atom. The van der Waals surface area contributed by atoms with Crippen LogP contribution in [-0.2, 0) is 9.59 Å². The second-order valence-corrected chi connectivity index (χ2v) is 7.27. The normalized spacial score (nSPS) is 14.8. The smallest absolute Gasteiger partial charge is 0.237 e. The van der Waals surface area contributed by atoms with Crippen LogP contribution in [0, 0.1) is 6.92 Å². The van der Waals surface area contributed by atoms with Gasteiger partial charge in [-0.2, -0.15) is 0 Å². The Hall–Kier alpha value is -2.27. The van der Waals surface area contributed by atoms with Crippen molar-refractivity contribution in [3.8, 4) is 0 Å². The lowest BCUT2D eigenvalue weighted by molar-refractivity contribution is -0.121. The molecule has 2 aromatic carbocycles. The number of nitrogens with zero attached hydrogens (tertiary/aromatic N) is 1. The summed E-state index contributed by atoms with van der Waals surface area (Å²) in [7, 11) is 0. The van der Waals surface area contributed by atoms with Crippen LogP contribution in [0.3, 0.4) is 0 Å². The molecule has 0 saturated carbocycles. The number of nitrogens with one attached hydrogen (secondary N) is 1. The van der Waals surface area contributed by atoms with Gasteiger partial charge in [-0.15, -0.1) is 11.8 Å². The van der Waals surface area contributed by atoms with E-state index in [4.69, 9.17) is 0 Å². The summed E-state index contributed by atoms with van der Waals surface area (Å²) in [5.74, 6) is 0.443. The van der Waals surface area contributed by atoms with Crippen LogP contribution in [0.15, 0.2) is 53.4 Å². The molecule has 0 fully saturated rings. The molecule has 4 nitrogen and oxygen atoms in total. The molecule has 2 aromatic rings. The van der Waals surface area contributed by atoms with Gasteiger partial charge in [0, 0.05) is 17.9 Å². The molecule has 0 bridgehead atoms. The fourth-order valence-corrected chi connectivity index (χ4v) is 3.80. The van der Waals surface area contributed by atoms with Crippen molar-refractivity contribution in [1.82, 2.24) is 5.32 Å². The minimum Gasteiger partial charge on any atom is -0.350 e. The van der Waals surface area contributed by atoms with E-state index < -0.39 is 0 Å². The monoisotopic (exact) mass is 354 g/mol. The number of fused-ring (bicyclic) bond motifs is 1. The van der Waals surface area contributed by atoms with Crippen molar-refractivity contribution in [3.05, 3.63) is 59.7 Å². The Kier molecular flexibility index (Phi) is 5.43. The van der Waals surface area contributed by atoms with E-state index in [2.05, 4.69) is 5.32 Å². The average molecular weight is 354 g/mol. The highest BCUT2D eigenvalue weighted by molar-refractivity contribution is 8.00. The molecule has 0 radical (unpaired) electrons. The van der Waals surface area contributed by atoms with Crippen molar-refractivity contribution < 1.29 is 9.59 Å². The zero-order valence-electron chi connectivity index (χ0n) is 14.5. The number of carbonyl (C=O) groups excluding carboxylic acids is 2. The molecule has 3 rings (SSSR count). The van der Waals surface area contributed by atoms with Gasteiger partial charge in [-0.3, -0.25) is 9.59 Å². The second-order valence-electron chi connectivity index (χ2n) is 6.25. The minimum absolute atomic E-state index is 0.0448. The van der Waals surface area contributed by atoms with Crippen LogP contribution in [0.5, 0.6) is 0 Å². The maximum atomic E-state index is 12.3. The second kappa shape index (κ2) is 7.74. The topological polar surface area (TPSA) is 49.4 Å². The summed E-state index contributed by atoms with van der Waals surface area (Å²) >= 11 is 1.55. The summed E-state index contributed by atoms with van der Waals surface area (Å²) in [5.41, 5.74) is 3.18. The largest absolute Gasteiger partial charge is 0.350 e. The van der Waals surface area contributed by atoms with Crippen molar-refractivity contribution in [2.24, 2.45) is 0 Å². The van der Waals surface area contributed by atoms with Gasteiger partial charge < -0.3 is 10.2 Å². The maximum absolute atomic E-state index is 12.3. The van der Waals surface area contributed by atoms with Crippen molar-refractivity contribution >= 4 is 29.3 Å². The first-order chi connectivity index (χ1) is 12.0. The lowest BCUT2D eigenvalue weighted by atomic mass is 10.1. The third-order valence-corrected chi connectivity index (χ3v) is 5.37. The van der Waals surface area contributed by atoms with E-state index in [1.54, 1.807) is 16.7 Å². The van der Waals surface area contributed by atoms with Gasteiger partial charge >= 0.3 is 0 Å². The summed E-state index contributed by atoms with van der Waals surface area (Å²) in [6.07, 6.45) is 0.293. The molecular weight excluding hydrogens is 332 g/mol. The quantitative estimate of drug-likeness (QED) is 0.891. The number of hydrogen-bond acceptors (Lipinski definition) is 3. The summed E-state index contributed by atoms with van der Waals surface area (Å²) in [4.78, 5) is 27.3. The van der Waals surface area contributed by atoms with Gasteiger partial charge in [0.05, 0.1) is 17.5 Å². The SMILES string of the molecule is Cc1ccc(C(C)NC(=O)CCN2C(=O)CSc3ccccc32)cc1. The first-order valence-electron chi connectivity index (χ1n) is 8.43. The molecule has 1 heterocycles. The van der Waals surface area contributed by atoms with Gasteiger partial charge in [-0.05, 0) is 31.5 Å². The van der Waals surface area contributed by atoms with Gasteiger partial charge in [0.1, 0.15) is 0 Å². The number of rotatable bonds is 5. The lowest BCUT2D eigenvalue weighted by Gasteiger charge is -2.28. The molecule has 1 atom stereocenters. The Morgan fingerprint density at radius 3 is 2.68 bits per heavy atom. The first kappa shape index (κ1) is 17.5. The molecule has 0 spiro atoms. The maximum Gasteiger partial charge on any atom is 0.237 e. The van der Waals surface area contributed by atoms with Crippen molar-refractivity contribution in [3.63, 3.8) is 0 Å². The summed E-state index contributed by atoms with van der Waals surface area (Å²) < 4.78 is 0. The first-order valence-corrected chi connectivity index (χ1v) is 9.41. The van der Waals surface area contributed by atoms with E-state index in [1.165, 1.54) is 5.56 Å². The molecule has 2 amide bonds. The van der Waals surface area contributed by atoms with E-state index in [9.17, 15) is 9.59 Å². The van der Waals surface area contributed by atoms with Gasteiger partial charge in [0.15, 0.2) is 0 Å². The van der Waals surface area contributed by atoms with Crippen molar-refractivity contribution in [1.29, 1.82) is 0 Å². The number of benzene rings is 2. The molecular formula is C20H22N2O2S. The molecule has 5 heteroatoms. The third-order valence-electron chi connectivity index (χ3n) is 4.33. The third kappa shape index (κ3) is 4.23. The van der Waals surface area contributed by atoms with Crippen LogP contribution in [0.25, 0.3) is 0 Å². The number of carbonyl (C=O) groups is 2. The van der Waals surface area contributed by atoms with Crippen molar-refractivity contribution in [2.75, 3.05) is 17.2 Å². The Balaban J connectivity index is 1.59. The van der Waals surface area contributed by atoms with E-state index in [0.717, 1.165) is 16.1 Å². The number of amides is 2. The highest BCUT2D eigenvalue weighted by atomic mass is 32.2. The molecule has 0 saturated heterocycles. The van der Waals surface area contributed by atoms with E-state index >= 15 is 0 Å². The van der Waals surface area contributed by atoms with Crippen molar-refractivity contribution in [2.45, 2.75) is 31.2 Å². The van der Waals surface area contributed by atoms with E-state index in [1.807, 2.05) is 62.4 Å². The molecule has 0 aromatic heterocycles. The molecule has 1 unspecified atom stereocenters. The Morgan fingerprint density at radius 1 is 1.20 bits per heavy atom. The number of hydrogen-bond donors (Lipinski definition) is 1. The number of aryl methyl sites for hydroxylation is 1. The van der Waals surface area contributed by atoms with Crippen LogP contribution in [0.4, 0.5) is 5.69 Å². The molecule has 130 valence electrons. The van der Waals surface area contributed by atoms with Crippen LogP contribution in [0.1, 0.15) is 30.5 Å². The van der Waals surface area contributed by atoms with Gasteiger partial charge in [0.25, 0.3) is 0 Å². The highest BCUT2D eigenvalue weighted by Gasteiger charge is 2.24. The minimum atomic E-state index is -0.0481. The van der Waals surface area contributed by atoms with Crippen LogP contribution < -0.4 is 10.2 Å². The Labute approximate surface area is 152 Å². The van der Waals surface area contributed by atoms with Crippen LogP contribution in [-0.4, -0.2) is 24.1 Å². The average Bonchev–Trinajstić information content (AvgIpc) is 2.61. The summed E-state index contributed by atoms with van der Waals surface area (Å²) in [6.45, 7) is 4.42. The van der Waals surface area contributed by atoms with E-state index in [0.29, 0.717) is 18.7 Å². The fourth-order valence-electron chi connectivity index (χ4n) is 2.86. The summed E-state index contributed by atoms with van der Waals surface area (Å²) in [6, 6.07) is 15.9. The van der Waals surface area contributed by atoms with Gasteiger partial charge in [0.2, 0.25) is 11.8 Å². The molecule has 1 N–H and O–H groups in total. The summed E-state index contributed by atoms with van der Waals surface area (Å²) in [5, 5.41) is 3.01. The number of anilines is 1. The zero-order valence-corrected chi connectivity index (χ0v) is 15.3. The Bertz CT molecular complexity index is 774. The lowest BCUT2D eigenvalue weighted by Crippen LogP contribution is -2.38. The molecule has 0 aliphatic carbocycles. The van der Waals surface area contributed by atoms with E-state index in [-0.39, 0.29) is 17.9 Å². The number of para-hydroxylation sites is 1. The number of thioether (sulfide) groups is 1. The standard InChI is InChI=1S/C20H22N2O2S/c1-14-7-9-16(10-8-14)15(2)21-19(23)11-12-22-17-5-3-4-6-18(17)25-13-20(22)24/h3-10,15H,11-13H2,1-2H3,(H,21,23). The molecule has 25 heavy (non-hydrogen) atoms. The van der Waals surface area contributed by atoms with Crippen LogP contribution >= 0.6 is 11.8 Å². The van der Waals surface area contributed by atoms with Gasteiger partial charge in [-0.25, -0.2) is 0 Å². The molecule has 1 aliphatic heterocycles. The zero-order chi connectivity index (χ0) is 17.8. The predicted molar refractivity (Wildman–Crippen MR) is 102 cm³/mol. The van der Waals surface area contributed by atoms with Crippen LogP contribution in [0.2, 0.25) is 0 Å². The predicted octanol–water partition coefficient (Wildman–Crippen LogP) is 3.70. The fraction of sp³-hybridized carbons (Fsp3) is 0.300. The molecule has 1 aliphatic rings.